The number of likely N-dealkylation sites (tertiary alicyclic amines) is 1. The second-order valence-corrected chi connectivity index (χ2v) is 7.40. The van der Waals surface area contributed by atoms with E-state index in [0.717, 1.165) is 45.1 Å². The molecule has 2 aliphatic heterocycles. The lowest BCUT2D eigenvalue weighted by atomic mass is 9.88. The van der Waals surface area contributed by atoms with Crippen molar-refractivity contribution in [3.63, 3.8) is 0 Å². The molecule has 0 unspecified atom stereocenters. The predicted octanol–water partition coefficient (Wildman–Crippen LogP) is 1.68. The van der Waals surface area contributed by atoms with Gasteiger partial charge in [-0.1, -0.05) is 0 Å². The van der Waals surface area contributed by atoms with Crippen molar-refractivity contribution in [2.45, 2.75) is 37.8 Å². The molecular weight excluding hydrogens is 314 g/mol. The Morgan fingerprint density at radius 2 is 2.04 bits per heavy atom. The van der Waals surface area contributed by atoms with E-state index in [9.17, 15) is 0 Å². The topological polar surface area (TPSA) is 45.0 Å². The summed E-state index contributed by atoms with van der Waals surface area (Å²) in [5.74, 6) is 0.964. The Balaban J connectivity index is 1.63. The number of aliphatic imine (C=N–C) groups is 1. The third-order valence-corrected chi connectivity index (χ3v) is 5.80. The van der Waals surface area contributed by atoms with Crippen molar-refractivity contribution < 1.29 is 4.74 Å². The fourth-order valence-electron chi connectivity index (χ4n) is 4.15. The van der Waals surface area contributed by atoms with E-state index >= 15 is 0 Å². The second kappa shape index (κ2) is 8.23. The van der Waals surface area contributed by atoms with Crippen LogP contribution in [0.3, 0.4) is 0 Å². The zero-order chi connectivity index (χ0) is 17.7. The van der Waals surface area contributed by atoms with Crippen LogP contribution in [0.5, 0.6) is 0 Å². The Labute approximate surface area is 151 Å². The van der Waals surface area contributed by atoms with Crippen LogP contribution in [-0.4, -0.2) is 72.8 Å². The highest BCUT2D eigenvalue weighted by atomic mass is 16.5. The Kier molecular flexibility index (Phi) is 6.02. The van der Waals surface area contributed by atoms with E-state index in [-0.39, 0.29) is 5.54 Å². The van der Waals surface area contributed by atoms with Gasteiger partial charge in [-0.3, -0.25) is 9.89 Å². The largest absolute Gasteiger partial charge is 0.381 e. The lowest BCUT2D eigenvalue weighted by Crippen LogP contribution is -2.58. The Morgan fingerprint density at radius 3 is 2.64 bits per heavy atom. The number of aryl methyl sites for hydroxylation is 1. The van der Waals surface area contributed by atoms with Crippen LogP contribution in [0.2, 0.25) is 0 Å². The van der Waals surface area contributed by atoms with Crippen LogP contribution < -0.4 is 5.32 Å². The van der Waals surface area contributed by atoms with E-state index in [4.69, 9.17) is 4.74 Å². The smallest absolute Gasteiger partial charge is 0.193 e. The number of hydrogen-bond donors (Lipinski definition) is 1. The normalized spacial score (nSPS) is 21.5. The highest BCUT2D eigenvalue weighted by Gasteiger charge is 2.39. The van der Waals surface area contributed by atoms with Gasteiger partial charge in [-0.05, 0) is 50.9 Å². The zero-order valence-corrected chi connectivity index (χ0v) is 16.0. The Bertz CT molecular complexity index is 570. The van der Waals surface area contributed by atoms with Gasteiger partial charge in [-0.2, -0.15) is 0 Å². The fraction of sp³-hybridized carbons (Fsp3) is 0.737. The van der Waals surface area contributed by atoms with E-state index in [0.29, 0.717) is 0 Å². The molecule has 1 aromatic heterocycles. The van der Waals surface area contributed by atoms with E-state index in [1.54, 1.807) is 0 Å². The van der Waals surface area contributed by atoms with Crippen molar-refractivity contribution in [1.29, 1.82) is 0 Å². The third-order valence-electron chi connectivity index (χ3n) is 5.80. The third kappa shape index (κ3) is 4.18. The summed E-state index contributed by atoms with van der Waals surface area (Å²) in [4.78, 5) is 9.40. The fourth-order valence-corrected chi connectivity index (χ4v) is 4.15. The van der Waals surface area contributed by atoms with Gasteiger partial charge in [0.25, 0.3) is 0 Å². The summed E-state index contributed by atoms with van der Waals surface area (Å²) in [6.07, 6.45) is 6.95. The van der Waals surface area contributed by atoms with Gasteiger partial charge in [-0.25, -0.2) is 0 Å². The molecule has 25 heavy (non-hydrogen) atoms. The monoisotopic (exact) mass is 347 g/mol. The number of rotatable bonds is 5. The summed E-state index contributed by atoms with van der Waals surface area (Å²) in [6, 6.07) is 4.25. The first kappa shape index (κ1) is 18.3. The average molecular weight is 348 g/mol. The van der Waals surface area contributed by atoms with Crippen LogP contribution in [0.4, 0.5) is 0 Å². The first-order valence-corrected chi connectivity index (χ1v) is 9.49. The van der Waals surface area contributed by atoms with E-state index in [2.05, 4.69) is 57.1 Å². The molecule has 0 aliphatic carbocycles. The molecule has 1 aromatic rings. The Hall–Kier alpha value is -1.53. The quantitative estimate of drug-likeness (QED) is 0.650. The average Bonchev–Trinajstić information content (AvgIpc) is 3.29. The molecule has 0 spiro atoms. The van der Waals surface area contributed by atoms with Gasteiger partial charge >= 0.3 is 0 Å². The summed E-state index contributed by atoms with van der Waals surface area (Å²) >= 11 is 0. The molecule has 0 aromatic carbocycles. The van der Waals surface area contributed by atoms with E-state index in [1.165, 1.54) is 31.6 Å². The van der Waals surface area contributed by atoms with Crippen molar-refractivity contribution in [3.05, 3.63) is 24.0 Å². The molecule has 1 N–H and O–H groups in total. The molecule has 0 saturated carbocycles. The maximum absolute atomic E-state index is 5.65. The molecule has 0 bridgehead atoms. The first-order chi connectivity index (χ1) is 12.1. The van der Waals surface area contributed by atoms with Crippen LogP contribution >= 0.6 is 0 Å². The molecule has 0 amide bonds. The molecule has 0 atom stereocenters. The molecule has 3 rings (SSSR count). The van der Waals surface area contributed by atoms with E-state index < -0.39 is 0 Å². The Morgan fingerprint density at radius 1 is 1.32 bits per heavy atom. The van der Waals surface area contributed by atoms with Crippen LogP contribution in [-0.2, 0) is 18.3 Å². The first-order valence-electron chi connectivity index (χ1n) is 9.49. The number of hydrogen-bond acceptors (Lipinski definition) is 3. The molecule has 140 valence electrons. The molecular formula is C19H33N5O. The minimum absolute atomic E-state index is 0.219. The van der Waals surface area contributed by atoms with Gasteiger partial charge in [-0.15, -0.1) is 0 Å². The summed E-state index contributed by atoms with van der Waals surface area (Å²) in [7, 11) is 6.06. The van der Waals surface area contributed by atoms with Gasteiger partial charge in [0, 0.05) is 58.3 Å². The zero-order valence-electron chi connectivity index (χ0n) is 16.0. The standard InChI is InChI=1S/C19H33N5O/c1-20-18(23(3)15-17-7-6-10-22(17)2)21-16-19(8-13-25-14-9-19)24-11-4-5-12-24/h6-7,10H,4-5,8-9,11-16H2,1-3H3,(H,20,21). The van der Waals surface area contributed by atoms with Crippen LogP contribution in [0.15, 0.2) is 23.3 Å². The van der Waals surface area contributed by atoms with Crippen LogP contribution in [0.25, 0.3) is 0 Å². The van der Waals surface area contributed by atoms with Gasteiger partial charge in [0.05, 0.1) is 6.54 Å². The number of guanidine groups is 1. The van der Waals surface area contributed by atoms with Crippen molar-refractivity contribution >= 4 is 5.96 Å². The van der Waals surface area contributed by atoms with Gasteiger partial charge < -0.3 is 19.5 Å². The van der Waals surface area contributed by atoms with E-state index in [1.807, 2.05) is 7.05 Å². The number of aromatic nitrogens is 1. The van der Waals surface area contributed by atoms with Crippen molar-refractivity contribution in [2.24, 2.45) is 12.0 Å². The second-order valence-electron chi connectivity index (χ2n) is 7.40. The number of nitrogens with zero attached hydrogens (tertiary/aromatic N) is 4. The summed E-state index contributed by atoms with van der Waals surface area (Å²) in [5, 5.41) is 3.66. The molecule has 2 aliphatic rings. The van der Waals surface area contributed by atoms with Gasteiger partial charge in [0.1, 0.15) is 0 Å². The van der Waals surface area contributed by atoms with Crippen molar-refractivity contribution in [3.8, 4) is 0 Å². The molecule has 2 saturated heterocycles. The van der Waals surface area contributed by atoms with Crippen LogP contribution in [0.1, 0.15) is 31.4 Å². The maximum Gasteiger partial charge on any atom is 0.193 e. The predicted molar refractivity (Wildman–Crippen MR) is 102 cm³/mol. The lowest BCUT2D eigenvalue weighted by Gasteiger charge is -2.45. The molecule has 0 radical (unpaired) electrons. The molecule has 6 nitrogen and oxygen atoms in total. The minimum Gasteiger partial charge on any atom is -0.381 e. The lowest BCUT2D eigenvalue weighted by molar-refractivity contribution is -0.0166. The SMILES string of the molecule is CN=C(NCC1(N2CCCC2)CCOCC1)N(C)Cc1cccn1C. The highest BCUT2D eigenvalue weighted by Crippen LogP contribution is 2.30. The highest BCUT2D eigenvalue weighted by molar-refractivity contribution is 5.79. The van der Waals surface area contributed by atoms with Gasteiger partial charge in [0.15, 0.2) is 5.96 Å². The molecule has 2 fully saturated rings. The maximum atomic E-state index is 5.65. The van der Waals surface area contributed by atoms with Crippen LogP contribution in [0, 0.1) is 0 Å². The molecule has 6 heteroatoms. The summed E-state index contributed by atoms with van der Waals surface area (Å²) < 4.78 is 7.81. The minimum atomic E-state index is 0.219. The van der Waals surface area contributed by atoms with Crippen molar-refractivity contribution in [2.75, 3.05) is 46.9 Å². The molecule has 3 heterocycles. The summed E-state index contributed by atoms with van der Waals surface area (Å²) in [5.41, 5.74) is 1.50. The number of nitrogens with one attached hydrogen (secondary N) is 1. The summed E-state index contributed by atoms with van der Waals surface area (Å²) in [6.45, 7) is 5.98. The van der Waals surface area contributed by atoms with Gasteiger partial charge in [0.2, 0.25) is 0 Å². The number of ether oxygens (including phenoxy) is 1. The van der Waals surface area contributed by atoms with Crippen molar-refractivity contribution in [1.82, 2.24) is 19.7 Å².